The zero-order valence-corrected chi connectivity index (χ0v) is 14.2. The maximum atomic E-state index is 13.5. The maximum absolute atomic E-state index is 13.5. The minimum atomic E-state index is -0.757. The lowest BCUT2D eigenvalue weighted by Gasteiger charge is -2.06. The molecule has 128 valence electrons. The van der Waals surface area contributed by atoms with Crippen molar-refractivity contribution in [2.24, 2.45) is 0 Å². The molecule has 1 amide bonds. The lowest BCUT2D eigenvalue weighted by molar-refractivity contribution is 0.103. The van der Waals surface area contributed by atoms with Crippen LogP contribution in [0.1, 0.15) is 20.8 Å². The number of amides is 1. The van der Waals surface area contributed by atoms with Gasteiger partial charge in [-0.05, 0) is 48.2 Å². The number of nitrogens with one attached hydrogen (secondary N) is 1. The van der Waals surface area contributed by atoms with Crippen LogP contribution in [0.25, 0.3) is 0 Å². The molecule has 0 radical (unpaired) electrons. The Kier molecular flexibility index (Phi) is 5.09. The van der Waals surface area contributed by atoms with Crippen molar-refractivity contribution in [3.63, 3.8) is 0 Å². The Labute approximate surface area is 147 Å². The summed E-state index contributed by atoms with van der Waals surface area (Å²) in [5.41, 5.74) is 2.52. The van der Waals surface area contributed by atoms with Crippen LogP contribution in [-0.4, -0.2) is 5.91 Å². The molecule has 6 heteroatoms. The van der Waals surface area contributed by atoms with E-state index in [0.717, 1.165) is 28.9 Å². The van der Waals surface area contributed by atoms with Gasteiger partial charge in [-0.2, -0.15) is 0 Å². The zero-order valence-electron chi connectivity index (χ0n) is 13.4. The van der Waals surface area contributed by atoms with Crippen LogP contribution in [0.15, 0.2) is 53.9 Å². The van der Waals surface area contributed by atoms with Gasteiger partial charge >= 0.3 is 0 Å². The number of hydrogen-bond acceptors (Lipinski definition) is 3. The van der Waals surface area contributed by atoms with E-state index in [-0.39, 0.29) is 18.3 Å². The minimum absolute atomic E-state index is 0.0293. The Morgan fingerprint density at radius 3 is 2.76 bits per heavy atom. The van der Waals surface area contributed by atoms with Gasteiger partial charge in [0.25, 0.3) is 5.91 Å². The molecular weight excluding hydrogens is 344 g/mol. The third kappa shape index (κ3) is 4.42. The molecule has 3 rings (SSSR count). The average Bonchev–Trinajstić information content (AvgIpc) is 3.03. The first-order chi connectivity index (χ1) is 12.0. The van der Waals surface area contributed by atoms with E-state index in [4.69, 9.17) is 4.74 Å². The molecule has 0 atom stereocenters. The predicted molar refractivity (Wildman–Crippen MR) is 94.1 cm³/mol. The second-order valence-electron chi connectivity index (χ2n) is 5.51. The summed E-state index contributed by atoms with van der Waals surface area (Å²) in [5.74, 6) is -1.66. The van der Waals surface area contributed by atoms with Gasteiger partial charge in [-0.25, -0.2) is 8.78 Å². The van der Waals surface area contributed by atoms with Crippen molar-refractivity contribution in [2.75, 3.05) is 5.32 Å². The fourth-order valence-corrected chi connectivity index (χ4v) is 3.03. The van der Waals surface area contributed by atoms with Crippen LogP contribution in [0.2, 0.25) is 0 Å². The van der Waals surface area contributed by atoms with Crippen molar-refractivity contribution in [3.8, 4) is 5.75 Å². The van der Waals surface area contributed by atoms with Crippen molar-refractivity contribution in [2.45, 2.75) is 13.5 Å². The molecule has 1 N–H and O–H groups in total. The smallest absolute Gasteiger partial charge is 0.265 e. The lowest BCUT2D eigenvalue weighted by Crippen LogP contribution is -2.10. The van der Waals surface area contributed by atoms with Crippen LogP contribution in [0.3, 0.4) is 0 Å². The number of thiophene rings is 1. The molecular formula is C19H15F2NO2S. The Hall–Kier alpha value is -2.73. The average molecular weight is 359 g/mol. The van der Waals surface area contributed by atoms with Crippen molar-refractivity contribution < 1.29 is 18.3 Å². The second kappa shape index (κ2) is 7.44. The molecule has 3 aromatic rings. The zero-order chi connectivity index (χ0) is 17.8. The second-order valence-corrected chi connectivity index (χ2v) is 6.42. The number of hydrogen-bond donors (Lipinski definition) is 1. The van der Waals surface area contributed by atoms with Crippen molar-refractivity contribution >= 4 is 22.9 Å². The standard InChI is InChI=1S/C19H15F2NO2S/c1-12-3-2-4-15(7-12)22-19(23)18-8-13(11-25-18)10-24-17-6-5-14(20)9-16(17)21/h2-9,11H,10H2,1H3,(H,22,23). The van der Waals surface area contributed by atoms with Gasteiger partial charge in [0.1, 0.15) is 12.4 Å². The largest absolute Gasteiger partial charge is 0.486 e. The van der Waals surface area contributed by atoms with Crippen LogP contribution in [0.4, 0.5) is 14.5 Å². The molecule has 0 aliphatic rings. The number of carbonyl (C=O) groups is 1. The summed E-state index contributed by atoms with van der Waals surface area (Å²) < 4.78 is 31.7. The maximum Gasteiger partial charge on any atom is 0.265 e. The van der Waals surface area contributed by atoms with Gasteiger partial charge in [-0.3, -0.25) is 4.79 Å². The highest BCUT2D eigenvalue weighted by atomic mass is 32.1. The molecule has 25 heavy (non-hydrogen) atoms. The summed E-state index contributed by atoms with van der Waals surface area (Å²) >= 11 is 1.28. The Bertz CT molecular complexity index is 908. The highest BCUT2D eigenvalue weighted by molar-refractivity contribution is 7.12. The summed E-state index contributed by atoms with van der Waals surface area (Å²) in [5, 5.41) is 4.60. The predicted octanol–water partition coefficient (Wildman–Crippen LogP) is 5.17. The molecule has 0 aliphatic carbocycles. The monoisotopic (exact) mass is 359 g/mol. The van der Waals surface area contributed by atoms with Crippen molar-refractivity contribution in [1.29, 1.82) is 0 Å². The van der Waals surface area contributed by atoms with E-state index in [1.807, 2.05) is 31.2 Å². The summed E-state index contributed by atoms with van der Waals surface area (Å²) in [6, 6.07) is 12.4. The van der Waals surface area contributed by atoms with Crippen LogP contribution in [0.5, 0.6) is 5.75 Å². The van der Waals surface area contributed by atoms with Gasteiger partial charge in [0.15, 0.2) is 11.6 Å². The molecule has 1 aromatic heterocycles. The van der Waals surface area contributed by atoms with E-state index in [2.05, 4.69) is 5.32 Å². The van der Waals surface area contributed by atoms with E-state index < -0.39 is 11.6 Å². The molecule has 0 bridgehead atoms. The van der Waals surface area contributed by atoms with E-state index in [1.165, 1.54) is 17.4 Å². The third-order valence-electron chi connectivity index (χ3n) is 3.44. The number of halogens is 2. The van der Waals surface area contributed by atoms with Crippen molar-refractivity contribution in [1.82, 2.24) is 0 Å². The fourth-order valence-electron chi connectivity index (χ4n) is 2.24. The van der Waals surface area contributed by atoms with E-state index in [9.17, 15) is 13.6 Å². The van der Waals surface area contributed by atoms with Gasteiger partial charge in [-0.15, -0.1) is 11.3 Å². The molecule has 3 nitrogen and oxygen atoms in total. The summed E-state index contributed by atoms with van der Waals surface area (Å²) in [6.45, 7) is 2.04. The summed E-state index contributed by atoms with van der Waals surface area (Å²) in [4.78, 5) is 12.8. The van der Waals surface area contributed by atoms with Crippen molar-refractivity contribution in [3.05, 3.63) is 81.5 Å². The lowest BCUT2D eigenvalue weighted by atomic mass is 10.2. The van der Waals surface area contributed by atoms with Crippen LogP contribution >= 0.6 is 11.3 Å². The number of carbonyl (C=O) groups excluding carboxylic acids is 1. The van der Waals surface area contributed by atoms with Gasteiger partial charge in [-0.1, -0.05) is 12.1 Å². The molecule has 1 heterocycles. The third-order valence-corrected chi connectivity index (χ3v) is 4.42. The molecule has 0 saturated carbocycles. The van der Waals surface area contributed by atoms with E-state index in [1.54, 1.807) is 11.4 Å². The minimum Gasteiger partial charge on any atom is -0.486 e. The molecule has 0 spiro atoms. The molecule has 0 fully saturated rings. The number of ether oxygens (including phenoxy) is 1. The van der Waals surface area contributed by atoms with Crippen LogP contribution in [-0.2, 0) is 6.61 Å². The van der Waals surface area contributed by atoms with Gasteiger partial charge < -0.3 is 10.1 Å². The topological polar surface area (TPSA) is 38.3 Å². The van der Waals surface area contributed by atoms with Gasteiger partial charge in [0.2, 0.25) is 0 Å². The molecule has 2 aromatic carbocycles. The molecule has 0 unspecified atom stereocenters. The first-order valence-electron chi connectivity index (χ1n) is 7.54. The SMILES string of the molecule is Cc1cccc(NC(=O)c2cc(COc3ccc(F)cc3F)cs2)c1. The van der Waals surface area contributed by atoms with Gasteiger partial charge in [0, 0.05) is 17.3 Å². The number of rotatable bonds is 5. The quantitative estimate of drug-likeness (QED) is 0.683. The Morgan fingerprint density at radius 1 is 1.16 bits per heavy atom. The Balaban J connectivity index is 1.62. The first kappa shape index (κ1) is 17.1. The van der Waals surface area contributed by atoms with E-state index in [0.29, 0.717) is 4.88 Å². The highest BCUT2D eigenvalue weighted by Crippen LogP contribution is 2.22. The van der Waals surface area contributed by atoms with Gasteiger partial charge in [0.05, 0.1) is 4.88 Å². The number of benzene rings is 2. The summed E-state index contributed by atoms with van der Waals surface area (Å²) in [7, 11) is 0. The Morgan fingerprint density at radius 2 is 2.00 bits per heavy atom. The first-order valence-corrected chi connectivity index (χ1v) is 8.42. The van der Waals surface area contributed by atoms with Crippen LogP contribution < -0.4 is 10.1 Å². The van der Waals surface area contributed by atoms with Crippen LogP contribution in [0, 0.1) is 18.6 Å². The molecule has 0 saturated heterocycles. The number of anilines is 1. The highest BCUT2D eigenvalue weighted by Gasteiger charge is 2.11. The normalized spacial score (nSPS) is 10.5. The summed E-state index contributed by atoms with van der Waals surface area (Å²) in [6.07, 6.45) is 0. The fraction of sp³-hybridized carbons (Fsp3) is 0.105. The van der Waals surface area contributed by atoms with E-state index >= 15 is 0 Å². The number of aryl methyl sites for hydroxylation is 1. The molecule has 0 aliphatic heterocycles.